The number of methoxy groups -OCH3 is 1. The van der Waals surface area contributed by atoms with E-state index in [1.807, 2.05) is 37.3 Å². The van der Waals surface area contributed by atoms with E-state index in [4.69, 9.17) is 4.74 Å². The number of amides is 1. The van der Waals surface area contributed by atoms with Gasteiger partial charge in [0.15, 0.2) is 0 Å². The van der Waals surface area contributed by atoms with Crippen molar-refractivity contribution in [2.24, 2.45) is 0 Å². The Morgan fingerprint density at radius 2 is 1.70 bits per heavy atom. The second-order valence-electron chi connectivity index (χ2n) is 8.36. The van der Waals surface area contributed by atoms with Crippen LogP contribution < -0.4 is 10.1 Å². The van der Waals surface area contributed by atoms with Crippen LogP contribution in [0, 0.1) is 21.4 Å². The van der Waals surface area contributed by atoms with Gasteiger partial charge >= 0.3 is 0 Å². The summed E-state index contributed by atoms with van der Waals surface area (Å²) < 4.78 is 5.24. The third kappa shape index (κ3) is 5.04. The average molecular weight is 497 g/mol. The van der Waals surface area contributed by atoms with Crippen LogP contribution in [-0.2, 0) is 16.0 Å². The lowest BCUT2D eigenvalue weighted by Crippen LogP contribution is -2.30. The summed E-state index contributed by atoms with van der Waals surface area (Å²) in [6.07, 6.45) is 0.853. The highest BCUT2D eigenvalue weighted by Gasteiger charge is 2.45. The number of aryl methyl sites for hydroxylation is 1. The molecule has 1 aliphatic heterocycles. The molecule has 1 N–H and O–H groups in total. The Bertz CT molecular complexity index is 1400. The molecule has 0 aromatic heterocycles. The molecule has 3 aromatic carbocycles. The summed E-state index contributed by atoms with van der Waals surface area (Å²) in [5.74, 6) is -0.941. The number of likely N-dealkylation sites (tertiary alicyclic amines) is 1. The van der Waals surface area contributed by atoms with E-state index >= 15 is 0 Å². The predicted molar refractivity (Wildman–Crippen MR) is 138 cm³/mol. The number of anilines is 1. The van der Waals surface area contributed by atoms with Gasteiger partial charge in [-0.2, -0.15) is 5.26 Å². The Kier molecular flexibility index (Phi) is 7.30. The minimum atomic E-state index is -0.849. The quantitative estimate of drug-likeness (QED) is 0.158. The van der Waals surface area contributed by atoms with Crippen molar-refractivity contribution < 1.29 is 19.2 Å². The van der Waals surface area contributed by atoms with Crippen molar-refractivity contribution in [3.05, 3.63) is 105 Å². The van der Waals surface area contributed by atoms with E-state index in [0.717, 1.165) is 12.0 Å². The van der Waals surface area contributed by atoms with Crippen molar-refractivity contribution in [3.8, 4) is 11.8 Å². The number of nitrogens with zero attached hydrogens (tertiary/aromatic N) is 3. The Morgan fingerprint density at radius 3 is 2.24 bits per heavy atom. The van der Waals surface area contributed by atoms with Crippen molar-refractivity contribution in [2.75, 3.05) is 19.0 Å². The minimum Gasteiger partial charge on any atom is -0.497 e. The Labute approximate surface area is 213 Å². The van der Waals surface area contributed by atoms with Gasteiger partial charge in [-0.25, -0.2) is 0 Å². The Hall–Kier alpha value is -4.97. The van der Waals surface area contributed by atoms with Gasteiger partial charge in [-0.1, -0.05) is 31.2 Å². The first-order valence-corrected chi connectivity index (χ1v) is 11.6. The van der Waals surface area contributed by atoms with Crippen molar-refractivity contribution >= 4 is 28.8 Å². The fraction of sp³-hybridized carbons (Fsp3) is 0.179. The van der Waals surface area contributed by atoms with Gasteiger partial charge < -0.3 is 15.0 Å². The molecule has 9 heteroatoms. The number of nitrogens with one attached hydrogen (secondary N) is 1. The number of ketones is 1. The van der Waals surface area contributed by atoms with Gasteiger partial charge in [-0.15, -0.1) is 0 Å². The van der Waals surface area contributed by atoms with Gasteiger partial charge in [0, 0.05) is 17.8 Å². The van der Waals surface area contributed by atoms with Crippen molar-refractivity contribution in [2.45, 2.75) is 19.4 Å². The number of Topliss-reactive ketones (excluding diaryl/α,β-unsaturated/α-hetero) is 1. The van der Waals surface area contributed by atoms with Gasteiger partial charge in [-0.05, 0) is 59.5 Å². The largest absolute Gasteiger partial charge is 0.497 e. The zero-order valence-corrected chi connectivity index (χ0v) is 20.3. The number of carbonyl (C=O) groups excluding carboxylic acids is 2. The van der Waals surface area contributed by atoms with Crippen LogP contribution in [-0.4, -0.2) is 35.2 Å². The normalized spacial score (nSPS) is 16.4. The minimum absolute atomic E-state index is 0.105. The molecular weight excluding hydrogens is 472 g/mol. The van der Waals surface area contributed by atoms with Crippen LogP contribution in [0.4, 0.5) is 11.4 Å². The molecule has 0 aliphatic carbocycles. The number of benzene rings is 3. The molecule has 4 rings (SSSR count). The van der Waals surface area contributed by atoms with Crippen LogP contribution >= 0.6 is 0 Å². The Morgan fingerprint density at radius 1 is 1.05 bits per heavy atom. The maximum atomic E-state index is 13.4. The SMILES string of the molecule is CCc1ccc(NC(=C2C(=O)C(=O)N(CC#N)C2c2ccc(OC)cc2)c2ccc([N+](=O)[O-])cc2)cc1. The number of nitro groups is 1. The monoisotopic (exact) mass is 496 g/mol. The molecule has 1 heterocycles. The number of rotatable bonds is 8. The maximum Gasteiger partial charge on any atom is 0.296 e. The molecule has 1 unspecified atom stereocenters. The number of hydrogen-bond acceptors (Lipinski definition) is 7. The molecule has 9 nitrogen and oxygen atoms in total. The maximum absolute atomic E-state index is 13.4. The molecule has 1 aliphatic rings. The van der Waals surface area contributed by atoms with E-state index < -0.39 is 22.7 Å². The molecule has 3 aromatic rings. The molecule has 1 atom stereocenters. The molecule has 1 saturated heterocycles. The highest BCUT2D eigenvalue weighted by Crippen LogP contribution is 2.41. The van der Waals surface area contributed by atoms with Crippen LogP contribution in [0.2, 0.25) is 0 Å². The van der Waals surface area contributed by atoms with Gasteiger partial charge in [0.2, 0.25) is 0 Å². The van der Waals surface area contributed by atoms with Crippen LogP contribution in [0.5, 0.6) is 5.75 Å². The summed E-state index contributed by atoms with van der Waals surface area (Å²) in [5, 5.41) is 23.9. The number of nitriles is 1. The molecule has 1 amide bonds. The van der Waals surface area contributed by atoms with E-state index in [1.165, 1.54) is 36.3 Å². The summed E-state index contributed by atoms with van der Waals surface area (Å²) in [5.41, 5.74) is 3.28. The number of ether oxygens (including phenoxy) is 1. The van der Waals surface area contributed by atoms with Gasteiger partial charge in [-0.3, -0.25) is 19.7 Å². The van der Waals surface area contributed by atoms with E-state index in [2.05, 4.69) is 5.32 Å². The number of nitro benzene ring substituents is 1. The summed E-state index contributed by atoms with van der Waals surface area (Å²) in [4.78, 5) is 38.5. The molecular formula is C28H24N4O5. The first kappa shape index (κ1) is 25.1. The third-order valence-corrected chi connectivity index (χ3v) is 6.23. The third-order valence-electron chi connectivity index (χ3n) is 6.23. The lowest BCUT2D eigenvalue weighted by atomic mass is 9.93. The lowest BCUT2D eigenvalue weighted by Gasteiger charge is -2.24. The number of carbonyl (C=O) groups is 2. The summed E-state index contributed by atoms with van der Waals surface area (Å²) >= 11 is 0. The van der Waals surface area contributed by atoms with Gasteiger partial charge in [0.1, 0.15) is 12.3 Å². The summed E-state index contributed by atoms with van der Waals surface area (Å²) in [6.45, 7) is 1.75. The second kappa shape index (κ2) is 10.7. The zero-order valence-electron chi connectivity index (χ0n) is 20.3. The summed E-state index contributed by atoms with van der Waals surface area (Å²) in [6, 6.07) is 21.4. The topological polar surface area (TPSA) is 126 Å². The smallest absolute Gasteiger partial charge is 0.296 e. The molecule has 0 spiro atoms. The fourth-order valence-electron chi connectivity index (χ4n) is 4.28. The first-order valence-electron chi connectivity index (χ1n) is 11.6. The van der Waals surface area contributed by atoms with Crippen molar-refractivity contribution in [1.29, 1.82) is 5.26 Å². The zero-order chi connectivity index (χ0) is 26.5. The molecule has 186 valence electrons. The van der Waals surface area contributed by atoms with Gasteiger partial charge in [0.25, 0.3) is 17.4 Å². The molecule has 0 saturated carbocycles. The molecule has 0 bridgehead atoms. The van der Waals surface area contributed by atoms with E-state index in [9.17, 15) is 25.0 Å². The second-order valence-corrected chi connectivity index (χ2v) is 8.36. The van der Waals surface area contributed by atoms with Crippen molar-refractivity contribution in [3.63, 3.8) is 0 Å². The number of non-ortho nitro benzene ring substituents is 1. The van der Waals surface area contributed by atoms with Crippen LogP contribution in [0.15, 0.2) is 78.4 Å². The number of hydrogen-bond donors (Lipinski definition) is 1. The Balaban J connectivity index is 1.94. The van der Waals surface area contributed by atoms with Gasteiger partial charge in [0.05, 0.1) is 35.4 Å². The molecule has 1 fully saturated rings. The highest BCUT2D eigenvalue weighted by atomic mass is 16.6. The van der Waals surface area contributed by atoms with Crippen LogP contribution in [0.1, 0.15) is 29.7 Å². The molecule has 0 radical (unpaired) electrons. The lowest BCUT2D eigenvalue weighted by molar-refractivity contribution is -0.384. The van der Waals surface area contributed by atoms with Crippen molar-refractivity contribution in [1.82, 2.24) is 4.90 Å². The first-order chi connectivity index (χ1) is 17.9. The standard InChI is InChI=1S/C28H24N4O5/c1-3-18-4-10-21(11-5-18)30-25(19-6-12-22(13-7-19)32(35)36)24-26(20-8-14-23(37-2)15-9-20)31(17-16-29)28(34)27(24)33/h4-15,26,30H,3,17H2,1-2H3. The average Bonchev–Trinajstić information content (AvgIpc) is 3.17. The van der Waals surface area contributed by atoms with Crippen LogP contribution in [0.25, 0.3) is 5.70 Å². The molecule has 37 heavy (non-hydrogen) atoms. The van der Waals surface area contributed by atoms with E-state index in [-0.39, 0.29) is 17.8 Å². The highest BCUT2D eigenvalue weighted by molar-refractivity contribution is 6.47. The van der Waals surface area contributed by atoms with E-state index in [0.29, 0.717) is 28.3 Å². The van der Waals surface area contributed by atoms with Crippen LogP contribution in [0.3, 0.4) is 0 Å². The van der Waals surface area contributed by atoms with E-state index in [1.54, 1.807) is 24.3 Å². The fourth-order valence-corrected chi connectivity index (χ4v) is 4.28. The summed E-state index contributed by atoms with van der Waals surface area (Å²) in [7, 11) is 1.53. The predicted octanol–water partition coefficient (Wildman–Crippen LogP) is 4.67.